The minimum atomic E-state index is 0.207. The number of ketones is 1. The number of rotatable bonds is 5. The largest absolute Gasteiger partial charge is 0.369 e. The Morgan fingerprint density at radius 1 is 0.926 bits per heavy atom. The highest BCUT2D eigenvalue weighted by molar-refractivity contribution is 5.98. The number of hydrogen-bond acceptors (Lipinski definition) is 4. The van der Waals surface area contributed by atoms with E-state index >= 15 is 0 Å². The molecular formula is C23H27N3O. The number of anilines is 1. The standard InChI is InChI=1S/C23H27N3O/c27-23(21-6-8-22(9-7-21)26-16-12-24-13-17-26)18-25-14-10-20(11-15-25)19-4-2-1-3-5-19/h1-10,24H,11-18H2. The van der Waals surface area contributed by atoms with E-state index in [4.69, 9.17) is 0 Å². The molecule has 0 bridgehead atoms. The molecule has 0 saturated carbocycles. The summed E-state index contributed by atoms with van der Waals surface area (Å²) in [6.07, 6.45) is 3.26. The van der Waals surface area contributed by atoms with Crippen LogP contribution in [0.5, 0.6) is 0 Å². The average molecular weight is 361 g/mol. The van der Waals surface area contributed by atoms with Gasteiger partial charge in [0.25, 0.3) is 0 Å². The fourth-order valence-electron chi connectivity index (χ4n) is 3.84. The number of Topliss-reactive ketones (excluding diaryl/α,β-unsaturated/α-hetero) is 1. The molecule has 2 heterocycles. The number of hydrogen-bond donors (Lipinski definition) is 1. The van der Waals surface area contributed by atoms with Gasteiger partial charge in [0.15, 0.2) is 5.78 Å². The third-order valence-corrected chi connectivity index (χ3v) is 5.48. The van der Waals surface area contributed by atoms with Crippen molar-refractivity contribution in [1.29, 1.82) is 0 Å². The van der Waals surface area contributed by atoms with Crippen LogP contribution in [-0.4, -0.2) is 56.5 Å². The lowest BCUT2D eigenvalue weighted by molar-refractivity contribution is 0.0937. The van der Waals surface area contributed by atoms with Gasteiger partial charge in [-0.3, -0.25) is 9.69 Å². The summed E-state index contributed by atoms with van der Waals surface area (Å²) in [5.41, 5.74) is 4.71. The maximum absolute atomic E-state index is 12.7. The third kappa shape index (κ3) is 4.46. The summed E-state index contributed by atoms with van der Waals surface area (Å²) in [5, 5.41) is 3.37. The normalized spacial score (nSPS) is 18.2. The van der Waals surface area contributed by atoms with Crippen molar-refractivity contribution in [1.82, 2.24) is 10.2 Å². The highest BCUT2D eigenvalue weighted by atomic mass is 16.1. The van der Waals surface area contributed by atoms with Gasteiger partial charge in [0, 0.05) is 50.5 Å². The second-order valence-corrected chi connectivity index (χ2v) is 7.29. The number of carbonyl (C=O) groups is 1. The molecular weight excluding hydrogens is 334 g/mol. The van der Waals surface area contributed by atoms with Crippen LogP contribution < -0.4 is 10.2 Å². The van der Waals surface area contributed by atoms with Gasteiger partial charge in [0.05, 0.1) is 6.54 Å². The number of piperazine rings is 1. The van der Waals surface area contributed by atoms with Crippen LogP contribution >= 0.6 is 0 Å². The monoisotopic (exact) mass is 361 g/mol. The topological polar surface area (TPSA) is 35.6 Å². The number of carbonyl (C=O) groups excluding carboxylic acids is 1. The molecule has 4 nitrogen and oxygen atoms in total. The first-order chi connectivity index (χ1) is 13.3. The molecule has 2 aliphatic rings. The molecule has 0 unspecified atom stereocenters. The van der Waals surface area contributed by atoms with Gasteiger partial charge in [-0.15, -0.1) is 0 Å². The molecule has 1 saturated heterocycles. The number of nitrogens with zero attached hydrogens (tertiary/aromatic N) is 2. The van der Waals surface area contributed by atoms with E-state index in [0.717, 1.165) is 51.3 Å². The van der Waals surface area contributed by atoms with Crippen LogP contribution in [0.15, 0.2) is 60.7 Å². The molecule has 2 aromatic carbocycles. The van der Waals surface area contributed by atoms with E-state index in [0.29, 0.717) is 6.54 Å². The van der Waals surface area contributed by atoms with E-state index in [9.17, 15) is 4.79 Å². The van der Waals surface area contributed by atoms with Crippen molar-refractivity contribution in [3.05, 3.63) is 71.8 Å². The predicted octanol–water partition coefficient (Wildman–Crippen LogP) is 3.07. The quantitative estimate of drug-likeness (QED) is 0.831. The molecule has 4 rings (SSSR count). The number of nitrogens with one attached hydrogen (secondary N) is 1. The van der Waals surface area contributed by atoms with Crippen LogP contribution in [0.25, 0.3) is 5.57 Å². The maximum Gasteiger partial charge on any atom is 0.176 e. The minimum absolute atomic E-state index is 0.207. The van der Waals surface area contributed by atoms with E-state index in [2.05, 4.69) is 57.6 Å². The Hall–Kier alpha value is -2.43. The van der Waals surface area contributed by atoms with Gasteiger partial charge in [-0.05, 0) is 41.8 Å². The Kier molecular flexibility index (Phi) is 5.66. The zero-order valence-corrected chi connectivity index (χ0v) is 15.7. The van der Waals surface area contributed by atoms with Crippen molar-refractivity contribution in [2.24, 2.45) is 0 Å². The fraction of sp³-hybridized carbons (Fsp3) is 0.348. The van der Waals surface area contributed by atoms with Crippen molar-refractivity contribution in [3.8, 4) is 0 Å². The van der Waals surface area contributed by atoms with Gasteiger partial charge in [-0.25, -0.2) is 0 Å². The molecule has 2 aliphatic heterocycles. The first kappa shape index (κ1) is 18.0. The SMILES string of the molecule is O=C(CN1CC=C(c2ccccc2)CC1)c1ccc(N2CCNCC2)cc1. The van der Waals surface area contributed by atoms with Gasteiger partial charge in [0.2, 0.25) is 0 Å². The van der Waals surface area contributed by atoms with Crippen molar-refractivity contribution < 1.29 is 4.79 Å². The van der Waals surface area contributed by atoms with Gasteiger partial charge in [-0.1, -0.05) is 36.4 Å². The summed E-state index contributed by atoms with van der Waals surface area (Å²) in [6.45, 7) is 6.36. The van der Waals surface area contributed by atoms with Gasteiger partial charge in [-0.2, -0.15) is 0 Å². The summed E-state index contributed by atoms with van der Waals surface area (Å²) >= 11 is 0. The zero-order valence-electron chi connectivity index (χ0n) is 15.7. The predicted molar refractivity (Wildman–Crippen MR) is 111 cm³/mol. The second kappa shape index (κ2) is 8.51. The van der Waals surface area contributed by atoms with Crippen molar-refractivity contribution in [2.45, 2.75) is 6.42 Å². The smallest absolute Gasteiger partial charge is 0.176 e. The summed E-state index contributed by atoms with van der Waals surface area (Å²) < 4.78 is 0. The molecule has 0 aliphatic carbocycles. The molecule has 1 fully saturated rings. The molecule has 1 N–H and O–H groups in total. The molecule has 0 atom stereocenters. The molecule has 2 aromatic rings. The minimum Gasteiger partial charge on any atom is -0.369 e. The Balaban J connectivity index is 1.33. The van der Waals surface area contributed by atoms with Crippen LogP contribution in [0.2, 0.25) is 0 Å². The number of benzene rings is 2. The lowest BCUT2D eigenvalue weighted by atomic mass is 9.99. The van der Waals surface area contributed by atoms with E-state index in [1.165, 1.54) is 16.8 Å². The second-order valence-electron chi connectivity index (χ2n) is 7.29. The van der Waals surface area contributed by atoms with Crippen molar-refractivity contribution in [2.75, 3.05) is 50.7 Å². The first-order valence-electron chi connectivity index (χ1n) is 9.85. The lowest BCUT2D eigenvalue weighted by Crippen LogP contribution is -2.43. The van der Waals surface area contributed by atoms with E-state index < -0.39 is 0 Å². The Morgan fingerprint density at radius 3 is 2.33 bits per heavy atom. The summed E-state index contributed by atoms with van der Waals surface area (Å²) in [4.78, 5) is 17.3. The van der Waals surface area contributed by atoms with E-state index in [1.54, 1.807) is 0 Å². The fourth-order valence-corrected chi connectivity index (χ4v) is 3.84. The molecule has 0 radical (unpaired) electrons. The van der Waals surface area contributed by atoms with E-state index in [1.807, 2.05) is 18.2 Å². The van der Waals surface area contributed by atoms with Crippen LogP contribution in [0.1, 0.15) is 22.3 Å². The molecule has 4 heteroatoms. The highest BCUT2D eigenvalue weighted by Crippen LogP contribution is 2.22. The van der Waals surface area contributed by atoms with Gasteiger partial charge in [0.1, 0.15) is 0 Å². The zero-order chi connectivity index (χ0) is 18.5. The average Bonchev–Trinajstić information content (AvgIpc) is 2.76. The van der Waals surface area contributed by atoms with Crippen molar-refractivity contribution >= 4 is 17.0 Å². The third-order valence-electron chi connectivity index (χ3n) is 5.48. The summed E-state index contributed by atoms with van der Waals surface area (Å²) in [5.74, 6) is 0.207. The van der Waals surface area contributed by atoms with E-state index in [-0.39, 0.29) is 5.78 Å². The maximum atomic E-state index is 12.7. The first-order valence-corrected chi connectivity index (χ1v) is 9.85. The molecule has 0 spiro atoms. The van der Waals surface area contributed by atoms with Crippen LogP contribution in [0.3, 0.4) is 0 Å². The Morgan fingerprint density at radius 2 is 1.67 bits per heavy atom. The lowest BCUT2D eigenvalue weighted by Gasteiger charge is -2.29. The van der Waals surface area contributed by atoms with Crippen LogP contribution in [0, 0.1) is 0 Å². The highest BCUT2D eigenvalue weighted by Gasteiger charge is 2.17. The molecule has 140 valence electrons. The van der Waals surface area contributed by atoms with Gasteiger partial charge >= 0.3 is 0 Å². The van der Waals surface area contributed by atoms with Gasteiger partial charge < -0.3 is 10.2 Å². The summed E-state index contributed by atoms with van der Waals surface area (Å²) in [7, 11) is 0. The van der Waals surface area contributed by atoms with Crippen molar-refractivity contribution in [3.63, 3.8) is 0 Å². The van der Waals surface area contributed by atoms with Crippen LogP contribution in [0.4, 0.5) is 5.69 Å². The Labute approximate surface area is 161 Å². The molecule has 0 aromatic heterocycles. The molecule has 27 heavy (non-hydrogen) atoms. The Bertz CT molecular complexity index is 792. The summed E-state index contributed by atoms with van der Waals surface area (Å²) in [6, 6.07) is 18.7. The molecule has 0 amide bonds. The van der Waals surface area contributed by atoms with Crippen LogP contribution in [-0.2, 0) is 0 Å².